The fourth-order valence-corrected chi connectivity index (χ4v) is 6.49. The summed E-state index contributed by atoms with van der Waals surface area (Å²) in [5.74, 6) is -0.336. The molecule has 2 aliphatic heterocycles. The largest absolute Gasteiger partial charge is 0.361 e. The van der Waals surface area contributed by atoms with E-state index in [-0.39, 0.29) is 36.4 Å². The smallest absolute Gasteiger partial charge is 0.320 e. The average Bonchev–Trinajstić information content (AvgIpc) is 3.65. The average molecular weight is 596 g/mol. The molecular formula is C35H41N5O4. The van der Waals surface area contributed by atoms with E-state index in [0.717, 1.165) is 22.9 Å². The molecule has 3 amide bonds. The molecule has 2 aliphatic rings. The molecule has 2 fully saturated rings. The molecule has 3 aromatic carbocycles. The molecule has 0 radical (unpaired) electrons. The van der Waals surface area contributed by atoms with Crippen LogP contribution in [-0.4, -0.2) is 84.5 Å². The number of ether oxygens (including phenoxy) is 2. The van der Waals surface area contributed by atoms with Crippen LogP contribution >= 0.6 is 0 Å². The number of fused-ring (bicyclic) bond motifs is 1. The van der Waals surface area contributed by atoms with Gasteiger partial charge in [0.2, 0.25) is 5.91 Å². The lowest BCUT2D eigenvalue weighted by molar-refractivity contribution is -0.183. The highest BCUT2D eigenvalue weighted by Gasteiger charge is 2.41. The van der Waals surface area contributed by atoms with Gasteiger partial charge in [-0.05, 0) is 29.2 Å². The fourth-order valence-electron chi connectivity index (χ4n) is 6.49. The van der Waals surface area contributed by atoms with Gasteiger partial charge in [-0.15, -0.1) is 0 Å². The van der Waals surface area contributed by atoms with Crippen molar-refractivity contribution in [3.8, 4) is 0 Å². The number of carbonyl (C=O) groups excluding carboxylic acids is 2. The number of aromatic nitrogens is 1. The molecule has 0 spiro atoms. The van der Waals surface area contributed by atoms with Gasteiger partial charge in [-0.3, -0.25) is 4.79 Å². The number of benzene rings is 3. The van der Waals surface area contributed by atoms with Gasteiger partial charge in [-0.2, -0.15) is 0 Å². The SMILES string of the molecule is C[C@@H](c1c[nH]c2ccccc12)[C@H](C(=O)NCC1OCC(N)CO1)N1CCN(CCC(c2ccccc2)c2ccccc2)C1=O. The first-order valence-corrected chi connectivity index (χ1v) is 15.5. The monoisotopic (exact) mass is 595 g/mol. The second-order valence-corrected chi connectivity index (χ2v) is 11.8. The number of H-pyrrole nitrogens is 1. The highest BCUT2D eigenvalue weighted by molar-refractivity contribution is 5.91. The first kappa shape index (κ1) is 29.9. The number of urea groups is 1. The number of rotatable bonds is 11. The summed E-state index contributed by atoms with van der Waals surface area (Å²) in [5, 5.41) is 4.06. The van der Waals surface area contributed by atoms with E-state index < -0.39 is 12.3 Å². The van der Waals surface area contributed by atoms with Crippen molar-refractivity contribution in [3.63, 3.8) is 0 Å². The number of hydrogen-bond acceptors (Lipinski definition) is 5. The van der Waals surface area contributed by atoms with Gasteiger partial charge < -0.3 is 35.3 Å². The molecule has 230 valence electrons. The van der Waals surface area contributed by atoms with Gasteiger partial charge in [0, 0.05) is 48.6 Å². The molecule has 2 atom stereocenters. The van der Waals surface area contributed by atoms with E-state index >= 15 is 0 Å². The summed E-state index contributed by atoms with van der Waals surface area (Å²) < 4.78 is 11.3. The third-order valence-electron chi connectivity index (χ3n) is 8.84. The van der Waals surface area contributed by atoms with Gasteiger partial charge in [0.25, 0.3) is 0 Å². The molecule has 0 unspecified atom stereocenters. The molecule has 9 heteroatoms. The molecule has 4 aromatic rings. The summed E-state index contributed by atoms with van der Waals surface area (Å²) in [7, 11) is 0. The number of nitrogens with one attached hydrogen (secondary N) is 2. The van der Waals surface area contributed by atoms with Crippen molar-refractivity contribution >= 4 is 22.8 Å². The minimum atomic E-state index is -0.711. The highest BCUT2D eigenvalue weighted by atomic mass is 16.7. The fraction of sp³-hybridized carbons (Fsp3) is 0.371. The van der Waals surface area contributed by atoms with Crippen molar-refractivity contribution < 1.29 is 19.1 Å². The van der Waals surface area contributed by atoms with Gasteiger partial charge in [0.15, 0.2) is 6.29 Å². The lowest BCUT2D eigenvalue weighted by Crippen LogP contribution is -2.53. The van der Waals surface area contributed by atoms with Crippen LogP contribution in [0.4, 0.5) is 4.79 Å². The van der Waals surface area contributed by atoms with E-state index in [1.165, 1.54) is 11.1 Å². The van der Waals surface area contributed by atoms with Crippen molar-refractivity contribution in [3.05, 3.63) is 108 Å². The lowest BCUT2D eigenvalue weighted by atomic mass is 9.88. The molecular weight excluding hydrogens is 554 g/mol. The summed E-state index contributed by atoms with van der Waals surface area (Å²) >= 11 is 0. The lowest BCUT2D eigenvalue weighted by Gasteiger charge is -2.33. The number of para-hydroxylation sites is 1. The Morgan fingerprint density at radius 3 is 2.27 bits per heavy atom. The van der Waals surface area contributed by atoms with Crippen LogP contribution in [0, 0.1) is 0 Å². The predicted octanol–water partition coefficient (Wildman–Crippen LogP) is 4.42. The molecule has 44 heavy (non-hydrogen) atoms. The maximum atomic E-state index is 14.0. The van der Waals surface area contributed by atoms with E-state index in [2.05, 4.69) is 58.8 Å². The molecule has 0 bridgehead atoms. The van der Waals surface area contributed by atoms with Gasteiger partial charge in [-0.1, -0.05) is 85.8 Å². The predicted molar refractivity (Wildman–Crippen MR) is 170 cm³/mol. The molecule has 4 N–H and O–H groups in total. The van der Waals surface area contributed by atoms with Gasteiger partial charge in [-0.25, -0.2) is 4.79 Å². The number of aromatic amines is 1. The van der Waals surface area contributed by atoms with Gasteiger partial charge in [0.1, 0.15) is 6.04 Å². The summed E-state index contributed by atoms with van der Waals surface area (Å²) in [6, 6.07) is 27.9. The Balaban J connectivity index is 1.20. The zero-order valence-electron chi connectivity index (χ0n) is 25.1. The molecule has 9 nitrogen and oxygen atoms in total. The number of hydrogen-bond donors (Lipinski definition) is 3. The third-order valence-corrected chi connectivity index (χ3v) is 8.84. The zero-order valence-corrected chi connectivity index (χ0v) is 25.1. The second kappa shape index (κ2) is 13.6. The Morgan fingerprint density at radius 2 is 1.59 bits per heavy atom. The van der Waals surface area contributed by atoms with Crippen molar-refractivity contribution in [1.82, 2.24) is 20.1 Å². The standard InChI is InChI=1S/C35H41N5O4/c1-24(30-20-37-31-15-9-8-14-29(30)31)33(34(41)38-21-32-43-22-27(36)23-44-32)40-19-18-39(35(40)42)17-16-28(25-10-4-2-5-11-25)26-12-6-3-7-13-26/h2-15,20,24,27-28,32-33,37H,16-19,21-23,36H2,1H3,(H,38,41)/t24-,27?,32?,33+/m0/s1. The van der Waals surface area contributed by atoms with E-state index in [1.54, 1.807) is 4.90 Å². The molecule has 0 aliphatic carbocycles. The van der Waals surface area contributed by atoms with Crippen LogP contribution < -0.4 is 11.1 Å². The van der Waals surface area contributed by atoms with Crippen LogP contribution in [0.3, 0.4) is 0 Å². The van der Waals surface area contributed by atoms with Crippen LogP contribution in [0.2, 0.25) is 0 Å². The molecule has 2 saturated heterocycles. The maximum absolute atomic E-state index is 14.0. The Morgan fingerprint density at radius 1 is 0.955 bits per heavy atom. The first-order valence-electron chi connectivity index (χ1n) is 15.5. The van der Waals surface area contributed by atoms with E-state index in [0.29, 0.717) is 32.8 Å². The zero-order chi connectivity index (χ0) is 30.5. The number of nitrogens with two attached hydrogens (primary N) is 1. The van der Waals surface area contributed by atoms with E-state index in [1.807, 2.05) is 54.4 Å². The normalized spacial score (nSPS) is 20.3. The third kappa shape index (κ3) is 6.50. The van der Waals surface area contributed by atoms with Gasteiger partial charge >= 0.3 is 6.03 Å². The van der Waals surface area contributed by atoms with Crippen LogP contribution in [0.5, 0.6) is 0 Å². The van der Waals surface area contributed by atoms with Crippen molar-refractivity contribution in [2.75, 3.05) is 39.4 Å². The Bertz CT molecular complexity index is 1500. The summed E-state index contributed by atoms with van der Waals surface area (Å²) in [6.45, 7) is 4.57. The second-order valence-electron chi connectivity index (χ2n) is 11.8. The van der Waals surface area contributed by atoms with Crippen LogP contribution in [0.15, 0.2) is 91.1 Å². The molecule has 0 saturated carbocycles. The van der Waals surface area contributed by atoms with E-state index in [4.69, 9.17) is 15.2 Å². The number of carbonyl (C=O) groups is 2. The summed E-state index contributed by atoms with van der Waals surface area (Å²) in [4.78, 5) is 34.9. The number of nitrogens with zero attached hydrogens (tertiary/aromatic N) is 2. The first-order chi connectivity index (χ1) is 21.5. The van der Waals surface area contributed by atoms with Crippen molar-refractivity contribution in [2.45, 2.75) is 43.6 Å². The maximum Gasteiger partial charge on any atom is 0.320 e. The minimum absolute atomic E-state index is 0.118. The number of amides is 3. The summed E-state index contributed by atoms with van der Waals surface area (Å²) in [6.07, 6.45) is 2.16. The summed E-state index contributed by atoms with van der Waals surface area (Å²) in [5.41, 5.74) is 10.3. The van der Waals surface area contributed by atoms with Crippen molar-refractivity contribution in [2.24, 2.45) is 5.73 Å². The molecule has 3 heterocycles. The van der Waals surface area contributed by atoms with Crippen LogP contribution in [-0.2, 0) is 14.3 Å². The molecule has 1 aromatic heterocycles. The Hall–Kier alpha value is -4.18. The van der Waals surface area contributed by atoms with Crippen molar-refractivity contribution in [1.29, 1.82) is 0 Å². The molecule has 6 rings (SSSR count). The van der Waals surface area contributed by atoms with Crippen LogP contribution in [0.1, 0.15) is 41.9 Å². The van der Waals surface area contributed by atoms with Gasteiger partial charge in [0.05, 0.1) is 25.8 Å². The van der Waals surface area contributed by atoms with Crippen LogP contribution in [0.25, 0.3) is 10.9 Å². The minimum Gasteiger partial charge on any atom is -0.361 e. The Kier molecular flexibility index (Phi) is 9.26. The quantitative estimate of drug-likeness (QED) is 0.238. The Labute approximate surface area is 258 Å². The topological polar surface area (TPSA) is 113 Å². The van der Waals surface area contributed by atoms with E-state index in [9.17, 15) is 9.59 Å². The highest BCUT2D eigenvalue weighted by Crippen LogP contribution is 2.33.